The molecule has 0 spiro atoms. The van der Waals surface area contributed by atoms with Crippen LogP contribution in [0.4, 0.5) is 18.9 Å². The van der Waals surface area contributed by atoms with E-state index in [9.17, 15) is 18.0 Å². The Hall–Kier alpha value is -1.82. The van der Waals surface area contributed by atoms with Crippen molar-refractivity contribution in [2.24, 2.45) is 0 Å². The lowest BCUT2D eigenvalue weighted by atomic mass is 10.0. The second kappa shape index (κ2) is 5.05. The van der Waals surface area contributed by atoms with Gasteiger partial charge in [0, 0.05) is 21.8 Å². The molecule has 19 heavy (non-hydrogen) atoms. The van der Waals surface area contributed by atoms with Crippen molar-refractivity contribution in [1.29, 1.82) is 0 Å². The summed E-state index contributed by atoms with van der Waals surface area (Å²) in [6.07, 6.45) is 0. The Balaban J connectivity index is 2.56. The number of benzene rings is 2. The lowest BCUT2D eigenvalue weighted by molar-refractivity contribution is 0.103. The Morgan fingerprint density at radius 3 is 2.26 bits per heavy atom. The van der Waals surface area contributed by atoms with Crippen LogP contribution in [0.3, 0.4) is 0 Å². The average molecular weight is 330 g/mol. The van der Waals surface area contributed by atoms with Gasteiger partial charge in [-0.2, -0.15) is 0 Å². The highest BCUT2D eigenvalue weighted by atomic mass is 79.9. The third-order valence-corrected chi connectivity index (χ3v) is 3.01. The van der Waals surface area contributed by atoms with Crippen molar-refractivity contribution in [2.75, 3.05) is 5.73 Å². The van der Waals surface area contributed by atoms with E-state index in [1.54, 1.807) is 6.07 Å². The second-order valence-corrected chi connectivity index (χ2v) is 4.72. The highest BCUT2D eigenvalue weighted by molar-refractivity contribution is 9.10. The molecule has 98 valence electrons. The van der Waals surface area contributed by atoms with Gasteiger partial charge in [-0.15, -0.1) is 0 Å². The number of halogens is 4. The van der Waals surface area contributed by atoms with Gasteiger partial charge in [0.15, 0.2) is 17.4 Å². The quantitative estimate of drug-likeness (QED) is 0.519. The molecule has 0 aliphatic carbocycles. The minimum Gasteiger partial charge on any atom is -0.398 e. The van der Waals surface area contributed by atoms with Gasteiger partial charge in [0.2, 0.25) is 0 Å². The summed E-state index contributed by atoms with van der Waals surface area (Å²) in [6.45, 7) is 0. The molecule has 0 aromatic heterocycles. The molecule has 2 rings (SSSR count). The number of nitrogens with two attached hydrogens (primary N) is 1. The Morgan fingerprint density at radius 2 is 1.58 bits per heavy atom. The molecule has 0 fully saturated rings. The third kappa shape index (κ3) is 2.63. The molecule has 0 saturated carbocycles. The Labute approximate surface area is 115 Å². The molecule has 0 aliphatic rings. The maximum absolute atomic E-state index is 13.5. The summed E-state index contributed by atoms with van der Waals surface area (Å²) in [5.74, 6) is -4.59. The predicted molar refractivity (Wildman–Crippen MR) is 68.3 cm³/mol. The maximum Gasteiger partial charge on any atom is 0.198 e. The molecule has 0 bridgehead atoms. The van der Waals surface area contributed by atoms with E-state index in [0.29, 0.717) is 16.6 Å². The van der Waals surface area contributed by atoms with Crippen LogP contribution in [-0.4, -0.2) is 5.78 Å². The van der Waals surface area contributed by atoms with Crippen molar-refractivity contribution in [3.8, 4) is 0 Å². The van der Waals surface area contributed by atoms with Crippen LogP contribution in [0.25, 0.3) is 0 Å². The first-order valence-corrected chi connectivity index (χ1v) is 5.93. The van der Waals surface area contributed by atoms with Gasteiger partial charge in [0.1, 0.15) is 5.82 Å². The van der Waals surface area contributed by atoms with E-state index < -0.39 is 28.8 Å². The molecule has 2 N–H and O–H groups in total. The van der Waals surface area contributed by atoms with Crippen LogP contribution in [0.5, 0.6) is 0 Å². The van der Waals surface area contributed by atoms with Gasteiger partial charge in [-0.1, -0.05) is 15.9 Å². The molecule has 2 aromatic carbocycles. The van der Waals surface area contributed by atoms with Crippen molar-refractivity contribution < 1.29 is 18.0 Å². The van der Waals surface area contributed by atoms with Crippen LogP contribution >= 0.6 is 15.9 Å². The Morgan fingerprint density at radius 1 is 0.947 bits per heavy atom. The van der Waals surface area contributed by atoms with Crippen molar-refractivity contribution in [3.63, 3.8) is 0 Å². The summed E-state index contributed by atoms with van der Waals surface area (Å²) in [6, 6.07) is 5.30. The fourth-order valence-electron chi connectivity index (χ4n) is 1.57. The van der Waals surface area contributed by atoms with E-state index in [2.05, 4.69) is 15.9 Å². The van der Waals surface area contributed by atoms with Gasteiger partial charge in [0.05, 0.1) is 5.56 Å². The van der Waals surface area contributed by atoms with Crippen LogP contribution in [-0.2, 0) is 0 Å². The number of nitrogen functional groups attached to an aromatic ring is 1. The largest absolute Gasteiger partial charge is 0.398 e. The highest BCUT2D eigenvalue weighted by Gasteiger charge is 2.19. The minimum atomic E-state index is -1.35. The van der Waals surface area contributed by atoms with Gasteiger partial charge in [-0.3, -0.25) is 4.79 Å². The minimum absolute atomic E-state index is 0.0132. The first kappa shape index (κ1) is 13.6. The molecule has 0 heterocycles. The molecule has 0 radical (unpaired) electrons. The van der Waals surface area contributed by atoms with Gasteiger partial charge in [-0.25, -0.2) is 13.2 Å². The van der Waals surface area contributed by atoms with E-state index in [4.69, 9.17) is 5.73 Å². The molecule has 0 saturated heterocycles. The van der Waals surface area contributed by atoms with Gasteiger partial charge >= 0.3 is 0 Å². The zero-order valence-corrected chi connectivity index (χ0v) is 11.0. The first-order valence-electron chi connectivity index (χ1n) is 5.14. The zero-order chi connectivity index (χ0) is 14.2. The SMILES string of the molecule is Nc1ccc(Br)cc1C(=O)c1cc(F)c(F)cc1F. The molecule has 2 aromatic rings. The lowest BCUT2D eigenvalue weighted by Gasteiger charge is -2.07. The summed E-state index contributed by atoms with van der Waals surface area (Å²) in [4.78, 5) is 12.1. The van der Waals surface area contributed by atoms with E-state index in [-0.39, 0.29) is 11.3 Å². The molecule has 6 heteroatoms. The molecule has 0 amide bonds. The first-order chi connectivity index (χ1) is 8.90. The van der Waals surface area contributed by atoms with Crippen LogP contribution in [0.2, 0.25) is 0 Å². The number of hydrogen-bond donors (Lipinski definition) is 1. The molecule has 0 aliphatic heterocycles. The van der Waals surface area contributed by atoms with Crippen molar-refractivity contribution in [1.82, 2.24) is 0 Å². The van der Waals surface area contributed by atoms with Crippen LogP contribution < -0.4 is 5.73 Å². The van der Waals surface area contributed by atoms with Crippen molar-refractivity contribution in [2.45, 2.75) is 0 Å². The smallest absolute Gasteiger partial charge is 0.198 e. The number of hydrogen-bond acceptors (Lipinski definition) is 2. The summed E-state index contributed by atoms with van der Waals surface area (Å²) in [5.41, 5.74) is 5.18. The van der Waals surface area contributed by atoms with E-state index >= 15 is 0 Å². The summed E-state index contributed by atoms with van der Waals surface area (Å²) >= 11 is 3.15. The number of rotatable bonds is 2. The molecule has 0 atom stereocenters. The van der Waals surface area contributed by atoms with E-state index in [0.717, 1.165) is 0 Å². The molecule has 2 nitrogen and oxygen atoms in total. The monoisotopic (exact) mass is 329 g/mol. The topological polar surface area (TPSA) is 43.1 Å². The van der Waals surface area contributed by atoms with Crippen LogP contribution in [0.1, 0.15) is 15.9 Å². The number of carbonyl (C=O) groups excluding carboxylic acids is 1. The predicted octanol–water partition coefficient (Wildman–Crippen LogP) is 3.68. The van der Waals surface area contributed by atoms with Crippen molar-refractivity contribution in [3.05, 3.63) is 63.4 Å². The number of anilines is 1. The summed E-state index contributed by atoms with van der Waals surface area (Å²) in [7, 11) is 0. The Bertz CT molecular complexity index is 673. The zero-order valence-electron chi connectivity index (χ0n) is 9.38. The summed E-state index contributed by atoms with van der Waals surface area (Å²) in [5, 5.41) is 0. The van der Waals surface area contributed by atoms with Gasteiger partial charge < -0.3 is 5.73 Å². The highest BCUT2D eigenvalue weighted by Crippen LogP contribution is 2.23. The third-order valence-electron chi connectivity index (χ3n) is 2.51. The second-order valence-electron chi connectivity index (χ2n) is 3.81. The maximum atomic E-state index is 13.5. The molecule has 0 unspecified atom stereocenters. The van der Waals surface area contributed by atoms with Crippen LogP contribution in [0, 0.1) is 17.5 Å². The lowest BCUT2D eigenvalue weighted by Crippen LogP contribution is -2.09. The fourth-order valence-corrected chi connectivity index (χ4v) is 1.93. The van der Waals surface area contributed by atoms with E-state index in [1.165, 1.54) is 12.1 Å². The fraction of sp³-hybridized carbons (Fsp3) is 0. The van der Waals surface area contributed by atoms with Crippen molar-refractivity contribution >= 4 is 27.4 Å². The number of ketones is 1. The Kier molecular flexibility index (Phi) is 3.61. The number of carbonyl (C=O) groups is 1. The summed E-state index contributed by atoms with van der Waals surface area (Å²) < 4.78 is 40.0. The standard InChI is InChI=1S/C13H7BrF3NO/c14-6-1-2-12(18)8(3-6)13(19)7-4-10(16)11(17)5-9(7)15/h1-5H,18H2. The normalized spacial score (nSPS) is 10.5. The van der Waals surface area contributed by atoms with E-state index in [1.807, 2.05) is 0 Å². The van der Waals surface area contributed by atoms with Crippen LogP contribution in [0.15, 0.2) is 34.8 Å². The van der Waals surface area contributed by atoms with Gasteiger partial charge in [0.25, 0.3) is 0 Å². The average Bonchev–Trinajstić information content (AvgIpc) is 2.36. The molecular weight excluding hydrogens is 323 g/mol. The van der Waals surface area contributed by atoms with Gasteiger partial charge in [-0.05, 0) is 24.3 Å². The molecular formula is C13H7BrF3NO.